The fourth-order valence-corrected chi connectivity index (χ4v) is 11.5. The topological polar surface area (TPSA) is 55.8 Å². The molecule has 1 saturated heterocycles. The van der Waals surface area contributed by atoms with E-state index in [4.69, 9.17) is 9.47 Å². The molecule has 0 bridgehead atoms. The summed E-state index contributed by atoms with van der Waals surface area (Å²) in [6.07, 6.45) is 13.5. The summed E-state index contributed by atoms with van der Waals surface area (Å²) in [5.74, 6) is 0.229. The quantitative estimate of drug-likeness (QED) is 0.362. The number of carbonyl (C=O) groups is 1. The fourth-order valence-electron chi connectivity index (χ4n) is 11.5. The van der Waals surface area contributed by atoms with Gasteiger partial charge in [0.1, 0.15) is 0 Å². The molecule has 0 aromatic rings. The highest BCUT2D eigenvalue weighted by Gasteiger charge is 2.72. The number of carboxylic acid groups (broad SMARTS) is 1. The summed E-state index contributed by atoms with van der Waals surface area (Å²) in [4.78, 5) is 13.7. The van der Waals surface area contributed by atoms with Crippen molar-refractivity contribution in [1.29, 1.82) is 0 Å². The molecule has 4 nitrogen and oxygen atoms in total. The third-order valence-electron chi connectivity index (χ3n) is 13.8. The van der Waals surface area contributed by atoms with E-state index in [2.05, 4.69) is 47.6 Å². The Labute approximate surface area is 225 Å². The van der Waals surface area contributed by atoms with Crippen molar-refractivity contribution in [2.24, 2.45) is 50.2 Å². The lowest BCUT2D eigenvalue weighted by molar-refractivity contribution is -0.351. The molecule has 6 rings (SSSR count). The van der Waals surface area contributed by atoms with E-state index in [-0.39, 0.29) is 33.2 Å². The van der Waals surface area contributed by atoms with Crippen LogP contribution in [0.1, 0.15) is 120 Å². The normalized spacial score (nSPS) is 53.9. The van der Waals surface area contributed by atoms with Gasteiger partial charge in [0.15, 0.2) is 5.79 Å². The van der Waals surface area contributed by atoms with E-state index in [0.29, 0.717) is 17.8 Å². The van der Waals surface area contributed by atoms with Crippen LogP contribution in [-0.4, -0.2) is 29.6 Å². The van der Waals surface area contributed by atoms with E-state index in [0.717, 1.165) is 58.0 Å². The number of carboxylic acids is 1. The molecular formula is C33H52O4. The number of rotatable bonds is 1. The highest BCUT2D eigenvalue weighted by molar-refractivity contribution is 5.81. The van der Waals surface area contributed by atoms with Crippen LogP contribution in [0.15, 0.2) is 11.6 Å². The Kier molecular flexibility index (Phi) is 5.45. The predicted octanol–water partition coefficient (Wildman–Crippen LogP) is 8.00. The maximum Gasteiger partial charge on any atom is 0.314 e. The van der Waals surface area contributed by atoms with Gasteiger partial charge < -0.3 is 14.6 Å². The monoisotopic (exact) mass is 512 g/mol. The van der Waals surface area contributed by atoms with Crippen molar-refractivity contribution in [3.63, 3.8) is 0 Å². The highest BCUT2D eigenvalue weighted by Crippen LogP contribution is 2.76. The number of fused-ring (bicyclic) bond motifs is 9. The number of hydrogen-bond donors (Lipinski definition) is 1. The van der Waals surface area contributed by atoms with Gasteiger partial charge in [-0.15, -0.1) is 0 Å². The van der Waals surface area contributed by atoms with Gasteiger partial charge in [0.25, 0.3) is 0 Å². The lowest BCUT2D eigenvalue weighted by Crippen LogP contribution is -2.69. The largest absolute Gasteiger partial charge is 0.481 e. The van der Waals surface area contributed by atoms with Crippen LogP contribution in [0.3, 0.4) is 0 Å². The van der Waals surface area contributed by atoms with Crippen LogP contribution in [-0.2, 0) is 14.3 Å². The standard InChI is InChI=1S/C33H52O4/c1-27(2)15-16-29(5)17-18-33(26(34)35)21(22(29)19-27)9-10-24-30(6)13-12-25-31(7,20-36-28(3,4)37-25)23(30)11-14-32(24,33)8/h9,22-25H,10-20H2,1-8H3,(H,34,35)/t22-,23?,24-,25?,29-,30+,31?,32-,33-/m1/s1. The van der Waals surface area contributed by atoms with Crippen molar-refractivity contribution in [1.82, 2.24) is 0 Å². The molecule has 5 fully saturated rings. The van der Waals surface area contributed by atoms with Gasteiger partial charge in [0, 0.05) is 5.41 Å². The van der Waals surface area contributed by atoms with Gasteiger partial charge in [-0.1, -0.05) is 53.2 Å². The molecule has 0 aromatic carbocycles. The van der Waals surface area contributed by atoms with E-state index in [1.165, 1.54) is 18.4 Å². The first-order chi connectivity index (χ1) is 17.0. The minimum Gasteiger partial charge on any atom is -0.481 e. The summed E-state index contributed by atoms with van der Waals surface area (Å²) in [5, 5.41) is 11.2. The van der Waals surface area contributed by atoms with Crippen molar-refractivity contribution < 1.29 is 19.4 Å². The van der Waals surface area contributed by atoms with E-state index in [9.17, 15) is 9.90 Å². The van der Waals surface area contributed by atoms with E-state index >= 15 is 0 Å². The number of aliphatic carboxylic acids is 1. The van der Waals surface area contributed by atoms with E-state index < -0.39 is 17.2 Å². The molecule has 1 N–H and O–H groups in total. The van der Waals surface area contributed by atoms with Crippen LogP contribution in [0.2, 0.25) is 0 Å². The van der Waals surface area contributed by atoms with Crippen molar-refractivity contribution in [3.05, 3.63) is 11.6 Å². The van der Waals surface area contributed by atoms with Crippen LogP contribution in [0.25, 0.3) is 0 Å². The first-order valence-corrected chi connectivity index (χ1v) is 15.3. The Morgan fingerprint density at radius 3 is 2.27 bits per heavy atom. The minimum absolute atomic E-state index is 0.0112. The number of ether oxygens (including phenoxy) is 2. The third-order valence-corrected chi connectivity index (χ3v) is 13.8. The van der Waals surface area contributed by atoms with Crippen molar-refractivity contribution in [2.45, 2.75) is 131 Å². The molecule has 9 atom stereocenters. The molecule has 37 heavy (non-hydrogen) atoms. The molecule has 208 valence electrons. The van der Waals surface area contributed by atoms with Gasteiger partial charge in [-0.2, -0.15) is 0 Å². The molecule has 0 radical (unpaired) electrons. The molecule has 0 spiro atoms. The van der Waals surface area contributed by atoms with Crippen molar-refractivity contribution in [3.8, 4) is 0 Å². The molecule has 1 heterocycles. The van der Waals surface area contributed by atoms with Crippen LogP contribution in [0.5, 0.6) is 0 Å². The van der Waals surface area contributed by atoms with Gasteiger partial charge in [0.05, 0.1) is 18.1 Å². The molecule has 1 aliphatic heterocycles. The van der Waals surface area contributed by atoms with Crippen molar-refractivity contribution in [2.75, 3.05) is 6.61 Å². The maximum atomic E-state index is 13.7. The van der Waals surface area contributed by atoms with Gasteiger partial charge in [-0.3, -0.25) is 4.79 Å². The second kappa shape index (κ2) is 7.65. The zero-order chi connectivity index (χ0) is 26.9. The Morgan fingerprint density at radius 1 is 0.865 bits per heavy atom. The second-order valence-electron chi connectivity index (χ2n) is 16.6. The summed E-state index contributed by atoms with van der Waals surface area (Å²) >= 11 is 0. The molecule has 3 unspecified atom stereocenters. The smallest absolute Gasteiger partial charge is 0.314 e. The van der Waals surface area contributed by atoms with Gasteiger partial charge in [-0.05, 0) is 117 Å². The lowest BCUT2D eigenvalue weighted by Gasteiger charge is -2.71. The number of allylic oxidation sites excluding steroid dienone is 1. The summed E-state index contributed by atoms with van der Waals surface area (Å²) in [6.45, 7) is 19.4. The average Bonchev–Trinajstić information content (AvgIpc) is 2.79. The van der Waals surface area contributed by atoms with Crippen molar-refractivity contribution >= 4 is 5.97 Å². The zero-order valence-corrected chi connectivity index (χ0v) is 24.8. The Morgan fingerprint density at radius 2 is 1.57 bits per heavy atom. The molecule has 0 aromatic heterocycles. The van der Waals surface area contributed by atoms with Crippen LogP contribution in [0.4, 0.5) is 0 Å². The minimum atomic E-state index is -0.721. The molecule has 5 aliphatic carbocycles. The fraction of sp³-hybridized carbons (Fsp3) is 0.909. The lowest BCUT2D eigenvalue weighted by atomic mass is 9.33. The number of hydrogen-bond acceptors (Lipinski definition) is 3. The summed E-state index contributed by atoms with van der Waals surface area (Å²) in [6, 6.07) is 0. The summed E-state index contributed by atoms with van der Waals surface area (Å²) < 4.78 is 12.8. The molecule has 6 aliphatic rings. The third kappa shape index (κ3) is 3.30. The van der Waals surface area contributed by atoms with Crippen LogP contribution >= 0.6 is 0 Å². The predicted molar refractivity (Wildman–Crippen MR) is 146 cm³/mol. The highest BCUT2D eigenvalue weighted by atomic mass is 16.7. The van der Waals surface area contributed by atoms with Gasteiger partial charge in [0.2, 0.25) is 0 Å². The SMILES string of the molecule is CC1(C)CC[C@]2(C)CC[C@]3(C(=O)O)C(=CC[C@@H]4[C@@]5(C)CCC6OC(C)(C)OCC6(C)C5CC[C@]43C)[C@H]2C1. The van der Waals surface area contributed by atoms with Crippen LogP contribution in [0, 0.1) is 50.2 Å². The van der Waals surface area contributed by atoms with E-state index in [1.54, 1.807) is 0 Å². The molecule has 0 amide bonds. The van der Waals surface area contributed by atoms with Gasteiger partial charge in [-0.25, -0.2) is 0 Å². The second-order valence-corrected chi connectivity index (χ2v) is 16.6. The summed E-state index contributed by atoms with van der Waals surface area (Å²) in [7, 11) is 0. The first kappa shape index (κ1) is 26.4. The average molecular weight is 513 g/mol. The summed E-state index contributed by atoms with van der Waals surface area (Å²) in [5.41, 5.74) is 1.02. The van der Waals surface area contributed by atoms with Gasteiger partial charge >= 0.3 is 5.97 Å². The zero-order valence-electron chi connectivity index (χ0n) is 24.8. The Hall–Kier alpha value is -0.870. The Balaban J connectivity index is 1.43. The van der Waals surface area contributed by atoms with E-state index in [1.807, 2.05) is 13.8 Å². The molecule has 4 heteroatoms. The molecular weight excluding hydrogens is 460 g/mol. The Bertz CT molecular complexity index is 1030. The van der Waals surface area contributed by atoms with Crippen LogP contribution < -0.4 is 0 Å². The first-order valence-electron chi connectivity index (χ1n) is 15.3. The molecule has 4 saturated carbocycles. The maximum absolute atomic E-state index is 13.7.